The Labute approximate surface area is 127 Å². The van der Waals surface area contributed by atoms with Crippen LogP contribution < -0.4 is 10.6 Å². The lowest BCUT2D eigenvalue weighted by atomic mass is 9.89. The average molecular weight is 292 g/mol. The molecule has 5 heteroatoms. The number of anilines is 2. The van der Waals surface area contributed by atoms with Gasteiger partial charge in [0.05, 0.1) is 0 Å². The van der Waals surface area contributed by atoms with E-state index in [0.29, 0.717) is 12.0 Å². The molecule has 1 aromatic rings. The zero-order valence-corrected chi connectivity index (χ0v) is 13.5. The fourth-order valence-electron chi connectivity index (χ4n) is 2.83. The summed E-state index contributed by atoms with van der Waals surface area (Å²) in [6.45, 7) is 6.84. The Morgan fingerprint density at radius 1 is 1.19 bits per heavy atom. The smallest absolute Gasteiger partial charge is 0.158 e. The number of aromatic nitrogens is 2. The summed E-state index contributed by atoms with van der Waals surface area (Å²) in [6, 6.07) is 1.99. The molecular formula is C16H28N4O. The number of hydrogen-bond donors (Lipinski definition) is 2. The maximum Gasteiger partial charge on any atom is 0.158 e. The van der Waals surface area contributed by atoms with Crippen molar-refractivity contribution in [1.29, 1.82) is 0 Å². The summed E-state index contributed by atoms with van der Waals surface area (Å²) in [5, 5.41) is 6.82. The molecule has 2 N–H and O–H groups in total. The van der Waals surface area contributed by atoms with Crippen LogP contribution in [0.4, 0.5) is 11.6 Å². The van der Waals surface area contributed by atoms with Crippen LogP contribution in [0.15, 0.2) is 6.07 Å². The van der Waals surface area contributed by atoms with E-state index in [1.165, 1.54) is 25.7 Å². The Morgan fingerprint density at radius 2 is 1.86 bits per heavy atom. The van der Waals surface area contributed by atoms with Crippen molar-refractivity contribution in [3.63, 3.8) is 0 Å². The summed E-state index contributed by atoms with van der Waals surface area (Å²) >= 11 is 0. The number of ether oxygens (including phenoxy) is 1. The number of nitrogens with zero attached hydrogens (tertiary/aromatic N) is 2. The van der Waals surface area contributed by atoms with E-state index in [0.717, 1.165) is 37.0 Å². The first-order chi connectivity index (χ1) is 10.1. The molecular weight excluding hydrogens is 264 g/mol. The van der Waals surface area contributed by atoms with Gasteiger partial charge in [-0.1, -0.05) is 26.7 Å². The Balaban J connectivity index is 2.03. The highest BCUT2D eigenvalue weighted by atomic mass is 16.5. The van der Waals surface area contributed by atoms with Crippen LogP contribution in [0.1, 0.15) is 51.8 Å². The second-order valence-electron chi connectivity index (χ2n) is 6.29. The number of hydrogen-bond acceptors (Lipinski definition) is 5. The minimum Gasteiger partial charge on any atom is -0.377 e. The summed E-state index contributed by atoms with van der Waals surface area (Å²) in [5.41, 5.74) is 0.406. The molecule has 21 heavy (non-hydrogen) atoms. The van der Waals surface area contributed by atoms with E-state index in [1.54, 1.807) is 7.11 Å². The predicted octanol–water partition coefficient (Wildman–Crippen LogP) is 3.44. The second kappa shape index (κ2) is 7.59. The highest BCUT2D eigenvalue weighted by Gasteiger charge is 2.28. The first-order valence-electron chi connectivity index (χ1n) is 8.00. The standard InChI is InChI=1S/C16H28N4O/c1-4-9-17-13-10-14(20-15(19-13)11-21-3)18-12-16(2)7-5-6-8-16/h10H,4-9,11-12H2,1-3H3,(H2,17,18,19,20). The van der Waals surface area contributed by atoms with Crippen molar-refractivity contribution < 1.29 is 4.74 Å². The third kappa shape index (κ3) is 4.84. The molecule has 118 valence electrons. The van der Waals surface area contributed by atoms with E-state index in [9.17, 15) is 0 Å². The molecule has 1 aliphatic rings. The van der Waals surface area contributed by atoms with Crippen molar-refractivity contribution >= 4 is 11.6 Å². The van der Waals surface area contributed by atoms with E-state index in [1.807, 2.05) is 6.07 Å². The molecule has 0 bridgehead atoms. The first kappa shape index (κ1) is 16.0. The Bertz CT molecular complexity index is 444. The van der Waals surface area contributed by atoms with Gasteiger partial charge in [0.25, 0.3) is 0 Å². The van der Waals surface area contributed by atoms with Crippen molar-refractivity contribution in [3.05, 3.63) is 11.9 Å². The van der Waals surface area contributed by atoms with E-state index < -0.39 is 0 Å². The maximum atomic E-state index is 5.16. The molecule has 0 unspecified atom stereocenters. The molecule has 1 saturated carbocycles. The molecule has 0 spiro atoms. The third-order valence-electron chi connectivity index (χ3n) is 4.11. The topological polar surface area (TPSA) is 59.1 Å². The molecule has 1 aromatic heterocycles. The van der Waals surface area contributed by atoms with Crippen molar-refractivity contribution in [2.75, 3.05) is 30.8 Å². The Morgan fingerprint density at radius 3 is 2.48 bits per heavy atom. The van der Waals surface area contributed by atoms with Crippen molar-refractivity contribution in [3.8, 4) is 0 Å². The summed E-state index contributed by atoms with van der Waals surface area (Å²) in [4.78, 5) is 9.01. The third-order valence-corrected chi connectivity index (χ3v) is 4.11. The Hall–Kier alpha value is -1.36. The van der Waals surface area contributed by atoms with Crippen molar-refractivity contribution in [2.24, 2.45) is 5.41 Å². The first-order valence-corrected chi connectivity index (χ1v) is 8.00. The van der Waals surface area contributed by atoms with Gasteiger partial charge < -0.3 is 15.4 Å². The van der Waals surface area contributed by atoms with Crippen LogP contribution in [0.3, 0.4) is 0 Å². The summed E-state index contributed by atoms with van der Waals surface area (Å²) in [6.07, 6.45) is 6.37. The molecule has 0 radical (unpaired) electrons. The molecule has 1 fully saturated rings. The van der Waals surface area contributed by atoms with Crippen LogP contribution in [0.2, 0.25) is 0 Å². The van der Waals surface area contributed by atoms with Gasteiger partial charge in [0.2, 0.25) is 0 Å². The van der Waals surface area contributed by atoms with Gasteiger partial charge in [0.15, 0.2) is 5.82 Å². The fourth-order valence-corrected chi connectivity index (χ4v) is 2.83. The fraction of sp³-hybridized carbons (Fsp3) is 0.750. The minimum atomic E-state index is 0.406. The lowest BCUT2D eigenvalue weighted by Crippen LogP contribution is -2.23. The molecule has 0 saturated heterocycles. The highest BCUT2D eigenvalue weighted by molar-refractivity contribution is 5.47. The zero-order chi connectivity index (χ0) is 15.1. The van der Waals surface area contributed by atoms with Crippen LogP contribution in [0.25, 0.3) is 0 Å². The van der Waals surface area contributed by atoms with Crippen molar-refractivity contribution in [2.45, 2.75) is 52.6 Å². The lowest BCUT2D eigenvalue weighted by Gasteiger charge is -2.24. The average Bonchev–Trinajstić information content (AvgIpc) is 2.91. The highest BCUT2D eigenvalue weighted by Crippen LogP contribution is 2.37. The van der Waals surface area contributed by atoms with Gasteiger partial charge in [-0.25, -0.2) is 9.97 Å². The van der Waals surface area contributed by atoms with Gasteiger partial charge in [-0.3, -0.25) is 0 Å². The number of nitrogens with one attached hydrogen (secondary N) is 2. The lowest BCUT2D eigenvalue weighted by molar-refractivity contribution is 0.178. The molecule has 1 aliphatic carbocycles. The van der Waals surface area contributed by atoms with Crippen LogP contribution in [-0.2, 0) is 11.3 Å². The van der Waals surface area contributed by atoms with Crippen LogP contribution >= 0.6 is 0 Å². The molecule has 0 aromatic carbocycles. The minimum absolute atomic E-state index is 0.406. The van der Waals surface area contributed by atoms with Crippen molar-refractivity contribution in [1.82, 2.24) is 9.97 Å². The second-order valence-corrected chi connectivity index (χ2v) is 6.29. The summed E-state index contributed by atoms with van der Waals surface area (Å²) in [7, 11) is 1.67. The van der Waals surface area contributed by atoms with Gasteiger partial charge in [0, 0.05) is 26.3 Å². The Kier molecular flexibility index (Phi) is 5.79. The molecule has 2 rings (SSSR count). The van der Waals surface area contributed by atoms with E-state index >= 15 is 0 Å². The van der Waals surface area contributed by atoms with E-state index in [2.05, 4.69) is 34.4 Å². The largest absolute Gasteiger partial charge is 0.377 e. The van der Waals surface area contributed by atoms with Gasteiger partial charge in [-0.15, -0.1) is 0 Å². The molecule has 0 atom stereocenters. The molecule has 1 heterocycles. The van der Waals surface area contributed by atoms with E-state index in [-0.39, 0.29) is 0 Å². The van der Waals surface area contributed by atoms with Gasteiger partial charge in [-0.2, -0.15) is 0 Å². The number of rotatable bonds is 8. The number of methoxy groups -OCH3 is 1. The molecule has 0 amide bonds. The quantitative estimate of drug-likeness (QED) is 0.768. The summed E-state index contributed by atoms with van der Waals surface area (Å²) < 4.78 is 5.16. The monoisotopic (exact) mass is 292 g/mol. The van der Waals surface area contributed by atoms with Gasteiger partial charge in [-0.05, 0) is 24.7 Å². The predicted molar refractivity (Wildman–Crippen MR) is 86.6 cm³/mol. The van der Waals surface area contributed by atoms with Crippen LogP contribution in [0, 0.1) is 5.41 Å². The zero-order valence-electron chi connectivity index (χ0n) is 13.5. The van der Waals surface area contributed by atoms with Gasteiger partial charge >= 0.3 is 0 Å². The van der Waals surface area contributed by atoms with Crippen LogP contribution in [0.5, 0.6) is 0 Å². The summed E-state index contributed by atoms with van der Waals surface area (Å²) in [5.74, 6) is 2.49. The van der Waals surface area contributed by atoms with E-state index in [4.69, 9.17) is 4.74 Å². The maximum absolute atomic E-state index is 5.16. The van der Waals surface area contributed by atoms with Gasteiger partial charge in [0.1, 0.15) is 18.2 Å². The normalized spacial score (nSPS) is 16.9. The SMILES string of the molecule is CCCNc1cc(NCC2(C)CCCC2)nc(COC)n1. The molecule has 0 aliphatic heterocycles. The van der Waals surface area contributed by atoms with Crippen LogP contribution in [-0.4, -0.2) is 30.2 Å². The molecule has 5 nitrogen and oxygen atoms in total.